The van der Waals surface area contributed by atoms with Gasteiger partial charge in [0.15, 0.2) is 5.78 Å². The highest BCUT2D eigenvalue weighted by molar-refractivity contribution is 6.02. The normalized spacial score (nSPS) is 20.2. The molecular formula is C18H23N3O3. The molecule has 0 spiro atoms. The molecule has 128 valence electrons. The summed E-state index contributed by atoms with van der Waals surface area (Å²) >= 11 is 0. The molecule has 0 aliphatic carbocycles. The Bertz CT molecular complexity index is 796. The minimum atomic E-state index is -0.773. The Morgan fingerprint density at radius 2 is 2.12 bits per heavy atom. The van der Waals surface area contributed by atoms with Crippen LogP contribution in [0.25, 0.3) is 11.0 Å². The summed E-state index contributed by atoms with van der Waals surface area (Å²) in [6, 6.07) is 5.26. The summed E-state index contributed by atoms with van der Waals surface area (Å²) in [5.41, 5.74) is 2.45. The number of aryl methyl sites for hydroxylation is 2. The molecule has 6 heteroatoms. The molecule has 0 radical (unpaired) electrons. The molecule has 1 aromatic carbocycles. The molecule has 3 rings (SSSR count). The third-order valence-corrected chi connectivity index (χ3v) is 5.12. The van der Waals surface area contributed by atoms with Crippen LogP contribution >= 0.6 is 0 Å². The number of nitrogens with zero attached hydrogens (tertiary/aromatic N) is 3. The molecule has 2 aromatic rings. The zero-order valence-electron chi connectivity index (χ0n) is 14.3. The van der Waals surface area contributed by atoms with Crippen molar-refractivity contribution in [3.05, 3.63) is 29.6 Å². The van der Waals surface area contributed by atoms with E-state index in [0.29, 0.717) is 18.5 Å². The highest BCUT2D eigenvalue weighted by Crippen LogP contribution is 2.22. The average Bonchev–Trinajstić information content (AvgIpc) is 2.87. The zero-order valence-corrected chi connectivity index (χ0v) is 14.3. The Morgan fingerprint density at radius 3 is 2.83 bits per heavy atom. The van der Waals surface area contributed by atoms with Crippen molar-refractivity contribution in [3.63, 3.8) is 0 Å². The molecule has 24 heavy (non-hydrogen) atoms. The van der Waals surface area contributed by atoms with Crippen molar-refractivity contribution >= 4 is 22.8 Å². The fourth-order valence-electron chi connectivity index (χ4n) is 3.44. The number of piperidine rings is 1. The van der Waals surface area contributed by atoms with E-state index in [1.165, 1.54) is 0 Å². The van der Waals surface area contributed by atoms with Gasteiger partial charge in [0.25, 0.3) is 0 Å². The molecule has 6 nitrogen and oxygen atoms in total. The third-order valence-electron chi connectivity index (χ3n) is 5.12. The van der Waals surface area contributed by atoms with Gasteiger partial charge in [0.2, 0.25) is 0 Å². The van der Waals surface area contributed by atoms with E-state index < -0.39 is 5.97 Å². The molecule has 1 saturated heterocycles. The minimum Gasteiger partial charge on any atom is -0.481 e. The molecule has 1 N–H and O–H groups in total. The molecule has 1 aromatic heterocycles. The Labute approximate surface area is 141 Å². The van der Waals surface area contributed by atoms with Crippen LogP contribution in [0.4, 0.5) is 0 Å². The number of fused-ring (bicyclic) bond motifs is 1. The summed E-state index contributed by atoms with van der Waals surface area (Å²) in [5, 5.41) is 9.22. The van der Waals surface area contributed by atoms with Gasteiger partial charge in [-0.15, -0.1) is 0 Å². The van der Waals surface area contributed by atoms with E-state index in [0.717, 1.165) is 29.8 Å². The van der Waals surface area contributed by atoms with Crippen LogP contribution in [-0.2, 0) is 11.8 Å². The number of hydrogen-bond acceptors (Lipinski definition) is 4. The smallest absolute Gasteiger partial charge is 0.307 e. The van der Waals surface area contributed by atoms with Crippen LogP contribution in [0.5, 0.6) is 0 Å². The Hall–Kier alpha value is -2.21. The van der Waals surface area contributed by atoms with Crippen molar-refractivity contribution in [3.8, 4) is 0 Å². The van der Waals surface area contributed by atoms with E-state index in [2.05, 4.69) is 4.98 Å². The van der Waals surface area contributed by atoms with E-state index in [-0.39, 0.29) is 17.7 Å². The maximum Gasteiger partial charge on any atom is 0.307 e. The van der Waals surface area contributed by atoms with Gasteiger partial charge in [-0.3, -0.25) is 14.5 Å². The van der Waals surface area contributed by atoms with Gasteiger partial charge < -0.3 is 9.67 Å². The summed E-state index contributed by atoms with van der Waals surface area (Å²) in [5.74, 6) is -0.228. The Kier molecular flexibility index (Phi) is 4.41. The second-order valence-electron chi connectivity index (χ2n) is 6.63. The first kappa shape index (κ1) is 16.6. The SMILES string of the molecule is Cc1nc2cc(C(=O)C(C)N3CCCC(C(=O)O)C3)ccc2n1C. The van der Waals surface area contributed by atoms with Crippen LogP contribution in [-0.4, -0.2) is 50.4 Å². The van der Waals surface area contributed by atoms with Crippen molar-refractivity contribution < 1.29 is 14.7 Å². The van der Waals surface area contributed by atoms with E-state index in [1.54, 1.807) is 0 Å². The predicted molar refractivity (Wildman–Crippen MR) is 91.2 cm³/mol. The lowest BCUT2D eigenvalue weighted by atomic mass is 9.95. The summed E-state index contributed by atoms with van der Waals surface area (Å²) in [6.07, 6.45) is 1.50. The van der Waals surface area contributed by atoms with Gasteiger partial charge in [-0.2, -0.15) is 0 Å². The van der Waals surface area contributed by atoms with Crippen molar-refractivity contribution in [2.24, 2.45) is 13.0 Å². The summed E-state index contributed by atoms with van der Waals surface area (Å²) in [4.78, 5) is 30.5. The maximum absolute atomic E-state index is 12.8. The Morgan fingerprint density at radius 1 is 1.38 bits per heavy atom. The molecular weight excluding hydrogens is 306 g/mol. The van der Waals surface area contributed by atoms with Gasteiger partial charge in [0.05, 0.1) is 23.0 Å². The van der Waals surface area contributed by atoms with Gasteiger partial charge >= 0.3 is 5.97 Å². The lowest BCUT2D eigenvalue weighted by molar-refractivity contribution is -0.143. The lowest BCUT2D eigenvalue weighted by Gasteiger charge is -2.34. The summed E-state index contributed by atoms with van der Waals surface area (Å²) in [6.45, 7) is 5.00. The molecule has 1 fully saturated rings. The quantitative estimate of drug-likeness (QED) is 0.871. The second kappa shape index (κ2) is 6.36. The summed E-state index contributed by atoms with van der Waals surface area (Å²) < 4.78 is 2.00. The lowest BCUT2D eigenvalue weighted by Crippen LogP contribution is -2.46. The summed E-state index contributed by atoms with van der Waals surface area (Å²) in [7, 11) is 1.95. The Balaban J connectivity index is 1.81. The largest absolute Gasteiger partial charge is 0.481 e. The van der Waals surface area contributed by atoms with Crippen LogP contribution in [0.15, 0.2) is 18.2 Å². The number of likely N-dealkylation sites (tertiary alicyclic amines) is 1. The van der Waals surface area contributed by atoms with Crippen LogP contribution in [0.3, 0.4) is 0 Å². The van der Waals surface area contributed by atoms with Crippen LogP contribution < -0.4 is 0 Å². The predicted octanol–water partition coefficient (Wildman–Crippen LogP) is 2.25. The van der Waals surface area contributed by atoms with E-state index >= 15 is 0 Å². The van der Waals surface area contributed by atoms with Gasteiger partial charge in [0, 0.05) is 19.2 Å². The number of Topliss-reactive ketones (excluding diaryl/α,β-unsaturated/α-hetero) is 1. The van der Waals surface area contributed by atoms with E-state index in [9.17, 15) is 14.7 Å². The third kappa shape index (κ3) is 2.94. The number of rotatable bonds is 4. The van der Waals surface area contributed by atoms with Crippen molar-refractivity contribution in [1.82, 2.24) is 14.5 Å². The first-order chi connectivity index (χ1) is 11.4. The van der Waals surface area contributed by atoms with Crippen LogP contribution in [0, 0.1) is 12.8 Å². The molecule has 0 amide bonds. The molecule has 1 aliphatic rings. The number of aliphatic carboxylic acids is 1. The zero-order chi connectivity index (χ0) is 17.4. The number of benzene rings is 1. The van der Waals surface area contributed by atoms with E-state index in [4.69, 9.17) is 0 Å². The van der Waals surface area contributed by atoms with Crippen LogP contribution in [0.2, 0.25) is 0 Å². The monoisotopic (exact) mass is 329 g/mol. The second-order valence-corrected chi connectivity index (χ2v) is 6.63. The first-order valence-electron chi connectivity index (χ1n) is 8.32. The number of hydrogen-bond donors (Lipinski definition) is 1. The molecule has 0 saturated carbocycles. The van der Waals surface area contributed by atoms with Gasteiger partial charge in [-0.25, -0.2) is 4.98 Å². The van der Waals surface area contributed by atoms with Crippen molar-refractivity contribution in [1.29, 1.82) is 0 Å². The first-order valence-corrected chi connectivity index (χ1v) is 8.32. The fourth-order valence-corrected chi connectivity index (χ4v) is 3.44. The van der Waals surface area contributed by atoms with Crippen LogP contribution in [0.1, 0.15) is 35.9 Å². The number of imidazole rings is 1. The number of carboxylic acids is 1. The molecule has 2 unspecified atom stereocenters. The topological polar surface area (TPSA) is 75.4 Å². The number of aromatic nitrogens is 2. The number of carbonyl (C=O) groups is 2. The molecule has 2 atom stereocenters. The molecule has 1 aliphatic heterocycles. The van der Waals surface area contributed by atoms with Gasteiger partial charge in [0.1, 0.15) is 5.82 Å². The highest BCUT2D eigenvalue weighted by atomic mass is 16.4. The van der Waals surface area contributed by atoms with E-state index in [1.807, 2.05) is 48.6 Å². The fraction of sp³-hybridized carbons (Fsp3) is 0.500. The van der Waals surface area contributed by atoms with Gasteiger partial charge in [-0.1, -0.05) is 0 Å². The number of carboxylic acid groups (broad SMARTS) is 1. The van der Waals surface area contributed by atoms with Gasteiger partial charge in [-0.05, 0) is 51.4 Å². The number of carbonyl (C=O) groups excluding carboxylic acids is 1. The maximum atomic E-state index is 12.8. The highest BCUT2D eigenvalue weighted by Gasteiger charge is 2.31. The molecule has 2 heterocycles. The van der Waals surface area contributed by atoms with Crippen molar-refractivity contribution in [2.75, 3.05) is 13.1 Å². The molecule has 0 bridgehead atoms. The van der Waals surface area contributed by atoms with Crippen molar-refractivity contribution in [2.45, 2.75) is 32.7 Å². The standard InChI is InChI=1S/C18H23N3O3/c1-11(21-8-4-5-14(10-21)18(23)24)17(22)13-6-7-16-15(9-13)19-12(2)20(16)3/h6-7,9,11,14H,4-5,8,10H2,1-3H3,(H,23,24). The number of ketones is 1. The average molecular weight is 329 g/mol. The minimum absolute atomic E-state index is 0.0197.